The molecule has 0 aliphatic rings. The third-order valence-corrected chi connectivity index (χ3v) is 2.76. The van der Waals surface area contributed by atoms with Gasteiger partial charge in [0.05, 0.1) is 5.69 Å². The number of rotatable bonds is 2. The Morgan fingerprint density at radius 3 is 2.80 bits per heavy atom. The average molecular weight is 220 g/mol. The number of nitrogens with zero attached hydrogens (tertiary/aromatic N) is 2. The van der Waals surface area contributed by atoms with Gasteiger partial charge < -0.3 is 11.5 Å². The molecule has 4 N–H and O–H groups in total. The summed E-state index contributed by atoms with van der Waals surface area (Å²) in [7, 11) is 0. The number of aromatic nitrogens is 2. The second-order valence-corrected chi connectivity index (χ2v) is 3.65. The molecule has 15 heavy (non-hydrogen) atoms. The first-order valence-corrected chi connectivity index (χ1v) is 4.93. The minimum atomic E-state index is -0.555. The Morgan fingerprint density at radius 1 is 1.47 bits per heavy atom. The van der Waals surface area contributed by atoms with Crippen molar-refractivity contribution in [1.82, 2.24) is 9.36 Å². The maximum absolute atomic E-state index is 11.0. The van der Waals surface area contributed by atoms with Gasteiger partial charge in [-0.05, 0) is 23.7 Å². The summed E-state index contributed by atoms with van der Waals surface area (Å²) in [5, 5.41) is 0. The molecule has 0 fully saturated rings. The first-order chi connectivity index (χ1) is 7.20. The van der Waals surface area contributed by atoms with Crippen molar-refractivity contribution in [3.63, 3.8) is 0 Å². The maximum Gasteiger partial charge on any atom is 0.262 e. The van der Waals surface area contributed by atoms with Crippen LogP contribution in [0.2, 0.25) is 0 Å². The molecule has 2 aromatic heterocycles. The van der Waals surface area contributed by atoms with Gasteiger partial charge >= 0.3 is 0 Å². The number of nitrogen functional groups attached to an aromatic ring is 1. The lowest BCUT2D eigenvalue weighted by Gasteiger charge is -1.97. The second kappa shape index (κ2) is 3.66. The van der Waals surface area contributed by atoms with E-state index in [0.29, 0.717) is 11.4 Å². The number of anilines is 1. The molecular formula is C9H8N4OS. The predicted octanol–water partition coefficient (Wildman–Crippen LogP) is 0.886. The van der Waals surface area contributed by atoms with Crippen LogP contribution in [-0.4, -0.2) is 15.3 Å². The van der Waals surface area contributed by atoms with Crippen molar-refractivity contribution in [2.24, 2.45) is 5.73 Å². The highest BCUT2D eigenvalue weighted by Crippen LogP contribution is 2.29. The summed E-state index contributed by atoms with van der Waals surface area (Å²) in [4.78, 5) is 15.2. The van der Waals surface area contributed by atoms with Gasteiger partial charge in [-0.1, -0.05) is 0 Å². The zero-order valence-corrected chi connectivity index (χ0v) is 8.49. The smallest absolute Gasteiger partial charge is 0.262 e. The fourth-order valence-corrected chi connectivity index (χ4v) is 1.86. The van der Waals surface area contributed by atoms with Gasteiger partial charge in [0.25, 0.3) is 5.91 Å². The van der Waals surface area contributed by atoms with Gasteiger partial charge in [0.1, 0.15) is 10.6 Å². The number of pyridine rings is 1. The summed E-state index contributed by atoms with van der Waals surface area (Å²) in [5.41, 5.74) is 12.6. The lowest BCUT2D eigenvalue weighted by molar-refractivity contribution is 0.100. The largest absolute Gasteiger partial charge is 0.396 e. The summed E-state index contributed by atoms with van der Waals surface area (Å²) in [6, 6.07) is 3.60. The molecule has 0 aromatic carbocycles. The highest BCUT2D eigenvalue weighted by atomic mass is 32.1. The monoisotopic (exact) mass is 220 g/mol. The number of hydrogen-bond acceptors (Lipinski definition) is 5. The van der Waals surface area contributed by atoms with E-state index in [1.807, 2.05) is 6.07 Å². The van der Waals surface area contributed by atoms with Crippen LogP contribution >= 0.6 is 11.5 Å². The fraction of sp³-hybridized carbons (Fsp3) is 0. The Bertz CT molecular complexity index is 494. The topological polar surface area (TPSA) is 94.9 Å². The van der Waals surface area contributed by atoms with E-state index in [9.17, 15) is 4.79 Å². The standard InChI is InChI=1S/C9H8N4OS/c10-6-7(5-2-1-3-12-4-5)13-15-8(6)9(11)14/h1-4H,10H2,(H2,11,14). The Labute approximate surface area is 89.9 Å². The van der Waals surface area contributed by atoms with Gasteiger partial charge in [0, 0.05) is 18.0 Å². The summed E-state index contributed by atoms with van der Waals surface area (Å²) >= 11 is 1.00. The van der Waals surface area contributed by atoms with Crippen molar-refractivity contribution in [3.8, 4) is 11.3 Å². The maximum atomic E-state index is 11.0. The number of amides is 1. The molecule has 2 rings (SSSR count). The van der Waals surface area contributed by atoms with Crippen molar-refractivity contribution in [3.05, 3.63) is 29.4 Å². The lowest BCUT2D eigenvalue weighted by atomic mass is 10.2. The summed E-state index contributed by atoms with van der Waals surface area (Å²) < 4.78 is 4.08. The number of primary amides is 1. The molecule has 0 aliphatic carbocycles. The van der Waals surface area contributed by atoms with Gasteiger partial charge in [-0.3, -0.25) is 9.78 Å². The highest BCUT2D eigenvalue weighted by Gasteiger charge is 2.15. The van der Waals surface area contributed by atoms with Gasteiger partial charge in [0.2, 0.25) is 0 Å². The van der Waals surface area contributed by atoms with Crippen molar-refractivity contribution in [1.29, 1.82) is 0 Å². The molecule has 0 unspecified atom stereocenters. The van der Waals surface area contributed by atoms with Crippen LogP contribution in [-0.2, 0) is 0 Å². The van der Waals surface area contributed by atoms with E-state index in [4.69, 9.17) is 11.5 Å². The minimum absolute atomic E-state index is 0.286. The molecule has 0 spiro atoms. The molecule has 6 heteroatoms. The third kappa shape index (κ3) is 1.66. The van der Waals surface area contributed by atoms with Gasteiger partial charge in [-0.2, -0.15) is 4.37 Å². The average Bonchev–Trinajstić information content (AvgIpc) is 2.61. The van der Waals surface area contributed by atoms with E-state index in [1.54, 1.807) is 18.5 Å². The highest BCUT2D eigenvalue weighted by molar-refractivity contribution is 7.09. The summed E-state index contributed by atoms with van der Waals surface area (Å²) in [6.07, 6.45) is 3.29. The Balaban J connectivity index is 2.52. The molecule has 0 aliphatic heterocycles. The van der Waals surface area contributed by atoms with E-state index in [0.717, 1.165) is 17.1 Å². The molecule has 1 amide bonds. The molecule has 0 saturated carbocycles. The molecule has 0 bridgehead atoms. The lowest BCUT2D eigenvalue weighted by Crippen LogP contribution is -2.10. The van der Waals surface area contributed by atoms with Gasteiger partial charge in [-0.15, -0.1) is 0 Å². The van der Waals surface area contributed by atoms with Crippen LogP contribution < -0.4 is 11.5 Å². The van der Waals surface area contributed by atoms with Crippen LogP contribution in [0.5, 0.6) is 0 Å². The first-order valence-electron chi connectivity index (χ1n) is 4.15. The van der Waals surface area contributed by atoms with Crippen LogP contribution in [0.4, 0.5) is 5.69 Å². The SMILES string of the molecule is NC(=O)c1snc(-c2cccnc2)c1N. The van der Waals surface area contributed by atoms with Gasteiger partial charge in [0.15, 0.2) is 0 Å². The normalized spacial score (nSPS) is 10.1. The van der Waals surface area contributed by atoms with Crippen LogP contribution in [0.15, 0.2) is 24.5 Å². The van der Waals surface area contributed by atoms with Crippen molar-refractivity contribution < 1.29 is 4.79 Å². The first kappa shape index (κ1) is 9.60. The van der Waals surface area contributed by atoms with Crippen LogP contribution in [0.25, 0.3) is 11.3 Å². The molecular weight excluding hydrogens is 212 g/mol. The summed E-state index contributed by atoms with van der Waals surface area (Å²) in [5.74, 6) is -0.555. The number of hydrogen-bond donors (Lipinski definition) is 2. The molecule has 0 saturated heterocycles. The van der Waals surface area contributed by atoms with E-state index in [2.05, 4.69) is 9.36 Å². The van der Waals surface area contributed by atoms with E-state index in [-0.39, 0.29) is 4.88 Å². The number of nitrogens with two attached hydrogens (primary N) is 2. The summed E-state index contributed by atoms with van der Waals surface area (Å²) in [6.45, 7) is 0. The van der Waals surface area contributed by atoms with Crippen molar-refractivity contribution >= 4 is 23.1 Å². The minimum Gasteiger partial charge on any atom is -0.396 e. The van der Waals surface area contributed by atoms with Crippen molar-refractivity contribution in [2.45, 2.75) is 0 Å². The Kier molecular flexibility index (Phi) is 2.34. The fourth-order valence-electron chi connectivity index (χ4n) is 1.19. The Hall–Kier alpha value is -1.95. The zero-order valence-electron chi connectivity index (χ0n) is 7.68. The van der Waals surface area contributed by atoms with E-state index < -0.39 is 5.91 Å². The van der Waals surface area contributed by atoms with Gasteiger partial charge in [-0.25, -0.2) is 0 Å². The molecule has 2 heterocycles. The molecule has 0 atom stereocenters. The molecule has 2 aromatic rings. The van der Waals surface area contributed by atoms with Crippen LogP contribution in [0.1, 0.15) is 9.67 Å². The predicted molar refractivity (Wildman–Crippen MR) is 58.3 cm³/mol. The van der Waals surface area contributed by atoms with E-state index >= 15 is 0 Å². The number of carbonyl (C=O) groups excluding carboxylic acids is 1. The molecule has 0 radical (unpaired) electrons. The van der Waals surface area contributed by atoms with Crippen LogP contribution in [0.3, 0.4) is 0 Å². The van der Waals surface area contributed by atoms with Crippen molar-refractivity contribution in [2.75, 3.05) is 5.73 Å². The van der Waals surface area contributed by atoms with E-state index in [1.165, 1.54) is 0 Å². The quantitative estimate of drug-likeness (QED) is 0.785. The van der Waals surface area contributed by atoms with Crippen LogP contribution in [0, 0.1) is 0 Å². The Morgan fingerprint density at radius 2 is 2.27 bits per heavy atom. The number of carbonyl (C=O) groups is 1. The second-order valence-electron chi connectivity index (χ2n) is 2.88. The molecule has 76 valence electrons. The third-order valence-electron chi connectivity index (χ3n) is 1.89. The molecule has 5 nitrogen and oxygen atoms in total. The zero-order chi connectivity index (χ0) is 10.8.